The second kappa shape index (κ2) is 9.98. The predicted octanol–water partition coefficient (Wildman–Crippen LogP) is 1.91. The number of rotatable bonds is 8. The Morgan fingerprint density at radius 3 is 2.61 bits per heavy atom. The molecule has 13 heteroatoms. The molecule has 0 fully saturated rings. The minimum Gasteiger partial charge on any atom is -0.505 e. The molecule has 0 aliphatic carbocycles. The fraction of sp³-hybridized carbons (Fsp3) is 0.300. The van der Waals surface area contributed by atoms with Crippen molar-refractivity contribution in [2.45, 2.75) is 24.7 Å². The largest absolute Gasteiger partial charge is 0.505 e. The molecule has 0 saturated carbocycles. The summed E-state index contributed by atoms with van der Waals surface area (Å²) in [6, 6.07) is 5.82. The monoisotopic (exact) mass is 510 g/mol. The minimum absolute atomic E-state index is 0.0188. The van der Waals surface area contributed by atoms with Crippen LogP contribution in [-0.4, -0.2) is 60.2 Å². The van der Waals surface area contributed by atoms with Crippen molar-refractivity contribution in [1.29, 1.82) is 0 Å². The second-order valence-electron chi connectivity index (χ2n) is 7.11. The maximum absolute atomic E-state index is 12.9. The fourth-order valence-electron chi connectivity index (χ4n) is 3.19. The quantitative estimate of drug-likeness (QED) is 0.363. The Bertz CT molecular complexity index is 1250. The van der Waals surface area contributed by atoms with Crippen molar-refractivity contribution in [2.24, 2.45) is 0 Å². The van der Waals surface area contributed by atoms with Crippen molar-refractivity contribution in [1.82, 2.24) is 14.6 Å². The SMILES string of the molecule is Cc1sc(NC(=O)C2=C(O)c3ccccc3S(=O)(=O)N2C)nc1C(=O)CCC(=O)NCCP. The fourth-order valence-corrected chi connectivity index (χ4v) is 5.56. The first-order valence-electron chi connectivity index (χ1n) is 9.88. The van der Waals surface area contributed by atoms with E-state index in [9.17, 15) is 27.9 Å². The number of benzene rings is 1. The predicted molar refractivity (Wildman–Crippen MR) is 128 cm³/mol. The van der Waals surface area contributed by atoms with Crippen LogP contribution < -0.4 is 10.6 Å². The lowest BCUT2D eigenvalue weighted by Gasteiger charge is -2.28. The number of aliphatic hydroxyl groups is 1. The number of sulfonamides is 1. The summed E-state index contributed by atoms with van der Waals surface area (Å²) in [6.45, 7) is 2.15. The maximum Gasteiger partial charge on any atom is 0.278 e. The molecule has 10 nitrogen and oxygen atoms in total. The molecule has 176 valence electrons. The van der Waals surface area contributed by atoms with Crippen molar-refractivity contribution in [3.05, 3.63) is 46.1 Å². The van der Waals surface area contributed by atoms with Crippen LogP contribution >= 0.6 is 20.6 Å². The Morgan fingerprint density at radius 2 is 1.91 bits per heavy atom. The molecule has 1 aliphatic heterocycles. The third-order valence-electron chi connectivity index (χ3n) is 4.86. The third kappa shape index (κ3) is 5.07. The van der Waals surface area contributed by atoms with Gasteiger partial charge >= 0.3 is 0 Å². The molecule has 0 bridgehead atoms. The van der Waals surface area contributed by atoms with E-state index in [2.05, 4.69) is 24.9 Å². The molecular formula is C20H23N4O6PS2. The Labute approximate surface area is 197 Å². The number of likely N-dealkylation sites (N-methyl/N-ethyl adjacent to an activating group) is 1. The second-order valence-corrected chi connectivity index (χ2v) is 10.8. The number of thiazole rings is 1. The average molecular weight is 511 g/mol. The standard InChI is InChI=1S/C20H23N4O6PS2/c1-11-16(13(25)7-8-15(26)21-9-10-31)22-20(32-11)23-19(28)17-18(27)12-5-3-4-6-14(12)33(29,30)24(17)2/h3-6,27H,7-10,31H2,1-2H3,(H,21,26)(H,22,23,28). The Morgan fingerprint density at radius 1 is 1.21 bits per heavy atom. The first-order chi connectivity index (χ1) is 15.6. The first-order valence-corrected chi connectivity index (χ1v) is 13.0. The van der Waals surface area contributed by atoms with Gasteiger partial charge in [0.2, 0.25) is 5.91 Å². The molecule has 2 amide bonds. The van der Waals surface area contributed by atoms with Gasteiger partial charge in [0.05, 0.1) is 4.90 Å². The number of hydrogen-bond acceptors (Lipinski definition) is 8. The summed E-state index contributed by atoms with van der Waals surface area (Å²) >= 11 is 1.03. The maximum atomic E-state index is 12.9. The van der Waals surface area contributed by atoms with Gasteiger partial charge in [-0.05, 0) is 25.2 Å². The van der Waals surface area contributed by atoms with Crippen LogP contribution in [0.3, 0.4) is 0 Å². The molecule has 0 radical (unpaired) electrons. The van der Waals surface area contributed by atoms with Gasteiger partial charge in [-0.3, -0.25) is 24.0 Å². The topological polar surface area (TPSA) is 146 Å². The van der Waals surface area contributed by atoms with Crippen LogP contribution in [0.4, 0.5) is 5.13 Å². The van der Waals surface area contributed by atoms with Crippen molar-refractivity contribution in [2.75, 3.05) is 25.1 Å². The highest BCUT2D eigenvalue weighted by atomic mass is 32.2. The van der Waals surface area contributed by atoms with E-state index < -0.39 is 27.4 Å². The third-order valence-corrected chi connectivity index (χ3v) is 7.85. The number of Topliss-reactive ketones (excluding diaryl/α,β-unsaturated/α-hetero) is 1. The zero-order valence-electron chi connectivity index (χ0n) is 17.9. The molecule has 1 aliphatic rings. The lowest BCUT2D eigenvalue weighted by atomic mass is 10.1. The van der Waals surface area contributed by atoms with Gasteiger partial charge in [0, 0.05) is 36.9 Å². The van der Waals surface area contributed by atoms with Crippen LogP contribution in [0, 0.1) is 6.92 Å². The molecule has 0 saturated heterocycles. The number of nitrogens with zero attached hydrogens (tertiary/aromatic N) is 2. The van der Waals surface area contributed by atoms with E-state index in [4.69, 9.17) is 0 Å². The van der Waals surface area contributed by atoms with Crippen molar-refractivity contribution >= 4 is 59.1 Å². The summed E-state index contributed by atoms with van der Waals surface area (Å²) in [5, 5.41) is 15.8. The lowest BCUT2D eigenvalue weighted by Crippen LogP contribution is -2.37. The van der Waals surface area contributed by atoms with Gasteiger partial charge in [-0.2, -0.15) is 0 Å². The van der Waals surface area contributed by atoms with Crippen LogP contribution in [0.5, 0.6) is 0 Å². The van der Waals surface area contributed by atoms with E-state index in [1.54, 1.807) is 13.0 Å². The number of aromatic nitrogens is 1. The zero-order valence-corrected chi connectivity index (χ0v) is 20.7. The van der Waals surface area contributed by atoms with Gasteiger partial charge in [0.15, 0.2) is 22.4 Å². The van der Waals surface area contributed by atoms with Gasteiger partial charge in [-0.15, -0.1) is 20.6 Å². The van der Waals surface area contributed by atoms with Gasteiger partial charge in [0.25, 0.3) is 15.9 Å². The number of aliphatic hydroxyl groups excluding tert-OH is 1. The number of aryl methyl sites for hydroxylation is 1. The Hall–Kier alpha value is -2.82. The first kappa shape index (κ1) is 24.8. The Kier molecular flexibility index (Phi) is 7.51. The van der Waals surface area contributed by atoms with Gasteiger partial charge in [-0.1, -0.05) is 12.1 Å². The van der Waals surface area contributed by atoms with E-state index in [0.717, 1.165) is 11.3 Å². The molecule has 33 heavy (non-hydrogen) atoms. The number of ketones is 1. The average Bonchev–Trinajstić information content (AvgIpc) is 3.14. The van der Waals surface area contributed by atoms with Crippen molar-refractivity contribution in [3.63, 3.8) is 0 Å². The summed E-state index contributed by atoms with van der Waals surface area (Å²) in [5.41, 5.74) is -0.311. The summed E-state index contributed by atoms with van der Waals surface area (Å²) in [5.74, 6) is -1.96. The molecule has 1 unspecified atom stereocenters. The van der Waals surface area contributed by atoms with E-state index in [1.165, 1.54) is 25.2 Å². The van der Waals surface area contributed by atoms with E-state index >= 15 is 0 Å². The molecule has 3 N–H and O–H groups in total. The van der Waals surface area contributed by atoms with E-state index in [0.29, 0.717) is 21.9 Å². The summed E-state index contributed by atoms with van der Waals surface area (Å²) in [6.07, 6.45) is 0.692. The molecule has 1 atom stereocenters. The highest BCUT2D eigenvalue weighted by Gasteiger charge is 2.38. The van der Waals surface area contributed by atoms with Crippen LogP contribution in [0.1, 0.15) is 33.8 Å². The number of fused-ring (bicyclic) bond motifs is 1. The number of amides is 2. The van der Waals surface area contributed by atoms with Crippen molar-refractivity contribution < 1.29 is 27.9 Å². The highest BCUT2D eigenvalue weighted by Crippen LogP contribution is 2.35. The highest BCUT2D eigenvalue weighted by molar-refractivity contribution is 7.89. The summed E-state index contributed by atoms with van der Waals surface area (Å²) in [4.78, 5) is 41.7. The molecular weight excluding hydrogens is 487 g/mol. The number of carbonyl (C=O) groups is 3. The lowest BCUT2D eigenvalue weighted by molar-refractivity contribution is -0.121. The number of nitrogens with one attached hydrogen (secondary N) is 2. The molecule has 2 aromatic rings. The Balaban J connectivity index is 1.79. The summed E-state index contributed by atoms with van der Waals surface area (Å²) < 4.78 is 26.2. The summed E-state index contributed by atoms with van der Waals surface area (Å²) in [7, 11) is -0.377. The zero-order chi connectivity index (χ0) is 24.3. The van der Waals surface area contributed by atoms with Crippen molar-refractivity contribution in [3.8, 4) is 0 Å². The van der Waals surface area contributed by atoms with E-state index in [1.807, 2.05) is 0 Å². The van der Waals surface area contributed by atoms with Gasteiger partial charge < -0.3 is 10.4 Å². The number of anilines is 1. The molecule has 0 spiro atoms. The van der Waals surface area contributed by atoms with E-state index in [-0.39, 0.29) is 45.8 Å². The number of carbonyl (C=O) groups excluding carboxylic acids is 3. The van der Waals surface area contributed by atoms with Crippen LogP contribution in [-0.2, 0) is 19.6 Å². The molecule has 1 aromatic carbocycles. The normalized spacial score (nSPS) is 14.6. The minimum atomic E-state index is -4.03. The van der Waals surface area contributed by atoms with Crippen LogP contribution in [0.15, 0.2) is 34.9 Å². The molecule has 2 heterocycles. The molecule has 3 rings (SSSR count). The molecule has 1 aromatic heterocycles. The van der Waals surface area contributed by atoms with Gasteiger partial charge in [-0.25, -0.2) is 13.4 Å². The number of hydrogen-bond donors (Lipinski definition) is 3. The van der Waals surface area contributed by atoms with Gasteiger partial charge in [0.1, 0.15) is 5.69 Å². The van der Waals surface area contributed by atoms with Crippen LogP contribution in [0.2, 0.25) is 0 Å². The smallest absolute Gasteiger partial charge is 0.278 e. The van der Waals surface area contributed by atoms with Crippen LogP contribution in [0.25, 0.3) is 5.76 Å².